The lowest BCUT2D eigenvalue weighted by Gasteiger charge is -2.30. The van der Waals surface area contributed by atoms with Gasteiger partial charge in [-0.25, -0.2) is 9.37 Å². The first-order chi connectivity index (χ1) is 18.2. The van der Waals surface area contributed by atoms with Gasteiger partial charge >= 0.3 is 11.9 Å². The average molecular weight is 532 g/mol. The molecule has 1 heterocycles. The minimum atomic E-state index is -0.783. The molecule has 0 aliphatic heterocycles. The highest BCUT2D eigenvalue weighted by molar-refractivity contribution is 5.99. The lowest BCUT2D eigenvalue weighted by Crippen LogP contribution is -2.40. The summed E-state index contributed by atoms with van der Waals surface area (Å²) in [6.07, 6.45) is 4.21. The van der Waals surface area contributed by atoms with Crippen LogP contribution in [0.2, 0.25) is 0 Å². The molecule has 1 fully saturated rings. The van der Waals surface area contributed by atoms with E-state index in [1.54, 1.807) is 26.0 Å². The molecule has 1 aromatic carbocycles. The number of esters is 2. The number of Topliss-reactive ketones (excluding diaryl/α,β-unsaturated/α-hetero) is 1. The Balaban J connectivity index is 1.66. The lowest BCUT2D eigenvalue weighted by atomic mass is 9.96. The Bertz CT molecular complexity index is 1100. The number of carbonyl (C=O) groups excluding carboxylic acids is 3. The van der Waals surface area contributed by atoms with E-state index in [1.165, 1.54) is 38.4 Å². The maximum atomic E-state index is 13.3. The minimum absolute atomic E-state index is 0.0178. The summed E-state index contributed by atoms with van der Waals surface area (Å²) >= 11 is 0. The Labute approximate surface area is 221 Å². The van der Waals surface area contributed by atoms with Crippen molar-refractivity contribution in [1.29, 1.82) is 0 Å². The number of methoxy groups -OCH3 is 1. The third-order valence-corrected chi connectivity index (χ3v) is 6.43. The minimum Gasteiger partial charge on any atom is -0.493 e. The molecular weight excluding hydrogens is 497 g/mol. The fourth-order valence-corrected chi connectivity index (χ4v) is 4.46. The topological polar surface area (TPSA) is 110 Å². The molecule has 3 atom stereocenters. The molecule has 0 N–H and O–H groups in total. The molecule has 1 aliphatic carbocycles. The van der Waals surface area contributed by atoms with E-state index in [-0.39, 0.29) is 35.3 Å². The molecule has 9 nitrogen and oxygen atoms in total. The summed E-state index contributed by atoms with van der Waals surface area (Å²) in [7, 11) is 1.40. The van der Waals surface area contributed by atoms with Crippen LogP contribution in [0, 0.1) is 17.7 Å². The van der Waals surface area contributed by atoms with Gasteiger partial charge in [-0.2, -0.15) is 0 Å². The molecule has 0 spiro atoms. The molecule has 0 unspecified atom stereocenters. The van der Waals surface area contributed by atoms with Crippen molar-refractivity contribution in [3.63, 3.8) is 0 Å². The van der Waals surface area contributed by atoms with Crippen LogP contribution in [-0.2, 0) is 19.1 Å². The fourth-order valence-electron chi connectivity index (χ4n) is 4.46. The average Bonchev–Trinajstić information content (AvgIpc) is 3.42. The van der Waals surface area contributed by atoms with Gasteiger partial charge < -0.3 is 23.7 Å². The van der Waals surface area contributed by atoms with Crippen LogP contribution < -0.4 is 14.2 Å². The first-order valence-electron chi connectivity index (χ1n) is 12.6. The van der Waals surface area contributed by atoms with E-state index in [4.69, 9.17) is 23.7 Å². The van der Waals surface area contributed by atoms with Crippen molar-refractivity contribution in [1.82, 2.24) is 4.98 Å². The van der Waals surface area contributed by atoms with Gasteiger partial charge in [-0.1, -0.05) is 19.8 Å². The monoisotopic (exact) mass is 531 g/mol. The molecule has 0 amide bonds. The molecule has 0 saturated heterocycles. The summed E-state index contributed by atoms with van der Waals surface area (Å²) in [4.78, 5) is 41.2. The Morgan fingerprint density at radius 2 is 1.76 bits per heavy atom. The van der Waals surface area contributed by atoms with Crippen LogP contribution in [0.1, 0.15) is 63.4 Å². The quantitative estimate of drug-likeness (QED) is 0.202. The van der Waals surface area contributed by atoms with Crippen molar-refractivity contribution >= 4 is 17.7 Å². The van der Waals surface area contributed by atoms with Crippen LogP contribution in [0.15, 0.2) is 36.5 Å². The number of aromatic nitrogens is 1. The van der Waals surface area contributed by atoms with Gasteiger partial charge in [0.15, 0.2) is 23.0 Å². The zero-order valence-electron chi connectivity index (χ0n) is 22.1. The smallest absolute Gasteiger partial charge is 0.309 e. The SMILES string of the molecule is COc1ccnc(C(=O)C[C@@H](C)C(=O)O[C@@H](C)[C@H](Oc2ccc(F)cc2)C2CCCC2)c1OCOC(C)=O. The van der Waals surface area contributed by atoms with E-state index < -0.39 is 42.6 Å². The third-order valence-electron chi connectivity index (χ3n) is 6.43. The Hall–Kier alpha value is -3.69. The molecule has 2 aromatic rings. The Morgan fingerprint density at radius 3 is 2.39 bits per heavy atom. The van der Waals surface area contributed by atoms with Gasteiger partial charge in [0.1, 0.15) is 23.8 Å². The molecular formula is C28H34FNO8. The van der Waals surface area contributed by atoms with E-state index in [9.17, 15) is 18.8 Å². The number of benzene rings is 1. The van der Waals surface area contributed by atoms with Crippen LogP contribution in [0.3, 0.4) is 0 Å². The summed E-state index contributed by atoms with van der Waals surface area (Å²) in [6, 6.07) is 7.25. The van der Waals surface area contributed by atoms with Crippen molar-refractivity contribution < 1.29 is 42.5 Å². The van der Waals surface area contributed by atoms with Gasteiger partial charge in [-0.05, 0) is 49.9 Å². The van der Waals surface area contributed by atoms with Crippen LogP contribution >= 0.6 is 0 Å². The zero-order valence-corrected chi connectivity index (χ0v) is 22.1. The second kappa shape index (κ2) is 13.7. The normalized spacial score (nSPS) is 15.7. The van der Waals surface area contributed by atoms with Crippen molar-refractivity contribution in [3.8, 4) is 17.2 Å². The second-order valence-electron chi connectivity index (χ2n) is 9.34. The van der Waals surface area contributed by atoms with E-state index in [0.29, 0.717) is 5.75 Å². The van der Waals surface area contributed by atoms with Gasteiger partial charge in [0.05, 0.1) is 13.0 Å². The highest BCUT2D eigenvalue weighted by Gasteiger charge is 2.35. The molecule has 1 aromatic heterocycles. The van der Waals surface area contributed by atoms with Crippen molar-refractivity contribution in [2.45, 2.75) is 65.1 Å². The van der Waals surface area contributed by atoms with Crippen molar-refractivity contribution in [3.05, 3.63) is 48.0 Å². The number of pyridine rings is 1. The van der Waals surface area contributed by atoms with E-state index in [0.717, 1.165) is 25.7 Å². The van der Waals surface area contributed by atoms with Gasteiger partial charge in [0.2, 0.25) is 6.79 Å². The third kappa shape index (κ3) is 7.90. The first-order valence-corrected chi connectivity index (χ1v) is 12.6. The zero-order chi connectivity index (χ0) is 27.7. The summed E-state index contributed by atoms with van der Waals surface area (Å²) in [5, 5.41) is 0. The summed E-state index contributed by atoms with van der Waals surface area (Å²) in [6.45, 7) is 4.16. The molecule has 10 heteroatoms. The standard InChI is InChI=1S/C28H34FNO8/c1-17(15-23(32)25-27(36-16-35-19(3)31)24(34-4)13-14-30-25)28(33)37-18(2)26(20-7-5-6-8-20)38-22-11-9-21(29)10-12-22/h9-14,17-18,20,26H,5-8,15-16H2,1-4H3/t17-,18+,26+/m1/s1. The van der Waals surface area contributed by atoms with E-state index >= 15 is 0 Å². The van der Waals surface area contributed by atoms with E-state index in [1.807, 2.05) is 0 Å². The largest absolute Gasteiger partial charge is 0.493 e. The van der Waals surface area contributed by atoms with Gasteiger partial charge in [-0.15, -0.1) is 0 Å². The molecule has 0 bridgehead atoms. The van der Waals surface area contributed by atoms with Crippen LogP contribution in [0.4, 0.5) is 4.39 Å². The maximum Gasteiger partial charge on any atom is 0.309 e. The molecule has 206 valence electrons. The van der Waals surface area contributed by atoms with Crippen molar-refractivity contribution in [2.24, 2.45) is 11.8 Å². The Morgan fingerprint density at radius 1 is 1.08 bits per heavy atom. The van der Waals surface area contributed by atoms with E-state index in [2.05, 4.69) is 4.98 Å². The number of ether oxygens (including phenoxy) is 5. The summed E-state index contributed by atoms with van der Waals surface area (Å²) in [5.41, 5.74) is -0.0484. The number of carbonyl (C=O) groups is 3. The maximum absolute atomic E-state index is 13.3. The number of rotatable bonds is 13. The first kappa shape index (κ1) is 28.9. The summed E-state index contributed by atoms with van der Waals surface area (Å²) in [5.74, 6) is -1.77. The van der Waals surface area contributed by atoms with Crippen LogP contribution in [-0.4, -0.2) is 48.8 Å². The van der Waals surface area contributed by atoms with Gasteiger partial charge in [-0.3, -0.25) is 14.4 Å². The number of hydrogen-bond donors (Lipinski definition) is 0. The van der Waals surface area contributed by atoms with Gasteiger partial charge in [0.25, 0.3) is 0 Å². The molecule has 3 rings (SSSR count). The lowest BCUT2D eigenvalue weighted by molar-refractivity contribution is -0.158. The van der Waals surface area contributed by atoms with Crippen LogP contribution in [0.25, 0.3) is 0 Å². The Kier molecular flexibility index (Phi) is 10.4. The van der Waals surface area contributed by atoms with Crippen LogP contribution in [0.5, 0.6) is 17.2 Å². The van der Waals surface area contributed by atoms with Crippen molar-refractivity contribution in [2.75, 3.05) is 13.9 Å². The fraction of sp³-hybridized carbons (Fsp3) is 0.500. The predicted molar refractivity (Wildman–Crippen MR) is 134 cm³/mol. The highest BCUT2D eigenvalue weighted by Crippen LogP contribution is 2.34. The second-order valence-corrected chi connectivity index (χ2v) is 9.34. The molecule has 1 aliphatic rings. The number of hydrogen-bond acceptors (Lipinski definition) is 9. The number of halogens is 1. The highest BCUT2D eigenvalue weighted by atomic mass is 19.1. The number of ketones is 1. The predicted octanol–water partition coefficient (Wildman–Crippen LogP) is 4.91. The molecule has 1 saturated carbocycles. The number of nitrogens with zero attached hydrogens (tertiary/aromatic N) is 1. The molecule has 38 heavy (non-hydrogen) atoms. The van der Waals surface area contributed by atoms with Gasteiger partial charge in [0, 0.05) is 25.6 Å². The summed E-state index contributed by atoms with van der Waals surface area (Å²) < 4.78 is 40.7. The molecule has 0 radical (unpaired) electrons.